The molecule has 0 aliphatic carbocycles. The van der Waals surface area contributed by atoms with Gasteiger partial charge in [0.15, 0.2) is 5.78 Å². The second-order valence-electron chi connectivity index (χ2n) is 3.76. The van der Waals surface area contributed by atoms with Crippen LogP contribution < -0.4 is 0 Å². The predicted octanol–water partition coefficient (Wildman–Crippen LogP) is 2.32. The molecule has 90 valence electrons. The van der Waals surface area contributed by atoms with Gasteiger partial charge >= 0.3 is 5.97 Å². The van der Waals surface area contributed by atoms with Crippen LogP contribution in [0.2, 0.25) is 0 Å². The molecule has 2 aromatic carbocycles. The van der Waals surface area contributed by atoms with Crippen LogP contribution in [0.4, 0.5) is 0 Å². The summed E-state index contributed by atoms with van der Waals surface area (Å²) in [5.41, 5.74) is 0.867. The predicted molar refractivity (Wildman–Crippen MR) is 64.9 cm³/mol. The topological polar surface area (TPSA) is 74.6 Å². The van der Waals surface area contributed by atoms with E-state index in [2.05, 4.69) is 0 Å². The highest BCUT2D eigenvalue weighted by molar-refractivity contribution is 6.09. The Morgan fingerprint density at radius 3 is 2.00 bits per heavy atom. The number of carbonyl (C=O) groups is 2. The van der Waals surface area contributed by atoms with E-state index in [1.165, 1.54) is 36.4 Å². The molecule has 0 amide bonds. The van der Waals surface area contributed by atoms with Crippen LogP contribution in [0.25, 0.3) is 0 Å². The lowest BCUT2D eigenvalue weighted by Crippen LogP contribution is -2.02. The average molecular weight is 242 g/mol. The summed E-state index contributed by atoms with van der Waals surface area (Å²) in [4.78, 5) is 22.7. The number of rotatable bonds is 3. The zero-order valence-electron chi connectivity index (χ0n) is 9.33. The maximum atomic E-state index is 12.0. The number of hydrogen-bond acceptors (Lipinski definition) is 3. The number of phenolic OH excluding ortho intramolecular Hbond substituents is 1. The van der Waals surface area contributed by atoms with Crippen LogP contribution in [0.1, 0.15) is 26.3 Å². The van der Waals surface area contributed by atoms with Gasteiger partial charge in [-0.15, -0.1) is 0 Å². The molecule has 0 unspecified atom stereocenters. The number of benzene rings is 2. The van der Waals surface area contributed by atoms with Crippen LogP contribution in [0, 0.1) is 0 Å². The molecule has 2 N–H and O–H groups in total. The van der Waals surface area contributed by atoms with E-state index in [-0.39, 0.29) is 17.1 Å². The van der Waals surface area contributed by atoms with Crippen molar-refractivity contribution < 1.29 is 19.8 Å². The molecule has 4 heteroatoms. The van der Waals surface area contributed by atoms with E-state index in [0.717, 1.165) is 0 Å². The summed E-state index contributed by atoms with van der Waals surface area (Å²) in [5, 5.41) is 18.0. The first-order valence-corrected chi connectivity index (χ1v) is 5.25. The monoisotopic (exact) mass is 242 g/mol. The SMILES string of the molecule is O=C(O)c1ccc(C(=O)c2cccc(O)c2)cc1. The van der Waals surface area contributed by atoms with E-state index >= 15 is 0 Å². The minimum atomic E-state index is -1.04. The summed E-state index contributed by atoms with van der Waals surface area (Å²) in [7, 11) is 0. The molecule has 0 aliphatic heterocycles. The number of carbonyl (C=O) groups excluding carboxylic acids is 1. The van der Waals surface area contributed by atoms with Crippen molar-refractivity contribution in [1.29, 1.82) is 0 Å². The smallest absolute Gasteiger partial charge is 0.335 e. The van der Waals surface area contributed by atoms with E-state index in [4.69, 9.17) is 5.11 Å². The fraction of sp³-hybridized carbons (Fsp3) is 0. The number of aromatic carboxylic acids is 1. The number of hydrogen-bond donors (Lipinski definition) is 2. The highest BCUT2D eigenvalue weighted by Crippen LogP contribution is 2.15. The number of phenols is 1. The molecule has 0 saturated heterocycles. The largest absolute Gasteiger partial charge is 0.508 e. The quantitative estimate of drug-likeness (QED) is 0.810. The van der Waals surface area contributed by atoms with Gasteiger partial charge in [-0.2, -0.15) is 0 Å². The molecular formula is C14H10O4. The van der Waals surface area contributed by atoms with Crippen LogP contribution >= 0.6 is 0 Å². The molecule has 18 heavy (non-hydrogen) atoms. The van der Waals surface area contributed by atoms with Crippen LogP contribution in [0.3, 0.4) is 0 Å². The Bertz CT molecular complexity index is 599. The van der Waals surface area contributed by atoms with Gasteiger partial charge in [0, 0.05) is 11.1 Å². The zero-order chi connectivity index (χ0) is 13.1. The molecule has 0 bridgehead atoms. The third-order valence-corrected chi connectivity index (χ3v) is 2.50. The number of carboxylic acid groups (broad SMARTS) is 1. The maximum Gasteiger partial charge on any atom is 0.335 e. The Balaban J connectivity index is 2.32. The molecule has 0 atom stereocenters. The minimum absolute atomic E-state index is 0.0167. The summed E-state index contributed by atoms with van der Waals surface area (Å²) < 4.78 is 0. The van der Waals surface area contributed by atoms with Gasteiger partial charge in [-0.3, -0.25) is 4.79 Å². The van der Waals surface area contributed by atoms with Gasteiger partial charge in [-0.25, -0.2) is 4.79 Å². The van der Waals surface area contributed by atoms with E-state index in [1.54, 1.807) is 12.1 Å². The molecule has 0 aliphatic rings. The molecule has 0 aromatic heterocycles. The first-order chi connectivity index (χ1) is 8.58. The van der Waals surface area contributed by atoms with Crippen molar-refractivity contribution >= 4 is 11.8 Å². The van der Waals surface area contributed by atoms with E-state index in [9.17, 15) is 14.7 Å². The molecule has 0 radical (unpaired) electrons. The molecule has 2 aromatic rings. The normalized spacial score (nSPS) is 10.0. The third-order valence-electron chi connectivity index (χ3n) is 2.50. The van der Waals surface area contributed by atoms with Crippen LogP contribution in [0.15, 0.2) is 48.5 Å². The highest BCUT2D eigenvalue weighted by atomic mass is 16.4. The summed E-state index contributed by atoms with van der Waals surface area (Å²) in [6.07, 6.45) is 0. The number of aromatic hydroxyl groups is 1. The standard InChI is InChI=1S/C14H10O4/c15-12-3-1-2-11(8-12)13(16)9-4-6-10(7-5-9)14(17)18/h1-8,15H,(H,17,18). The van der Waals surface area contributed by atoms with E-state index in [0.29, 0.717) is 11.1 Å². The Labute approximate surface area is 103 Å². The second kappa shape index (κ2) is 4.71. The Morgan fingerprint density at radius 2 is 1.44 bits per heavy atom. The van der Waals surface area contributed by atoms with Crippen molar-refractivity contribution in [3.05, 3.63) is 65.2 Å². The second-order valence-corrected chi connectivity index (χ2v) is 3.76. The van der Waals surface area contributed by atoms with Gasteiger partial charge in [0.25, 0.3) is 0 Å². The first-order valence-electron chi connectivity index (χ1n) is 5.25. The highest BCUT2D eigenvalue weighted by Gasteiger charge is 2.10. The lowest BCUT2D eigenvalue weighted by atomic mass is 10.0. The lowest BCUT2D eigenvalue weighted by Gasteiger charge is -2.02. The van der Waals surface area contributed by atoms with Crippen molar-refractivity contribution in [2.75, 3.05) is 0 Å². The van der Waals surface area contributed by atoms with Crippen molar-refractivity contribution in [2.24, 2.45) is 0 Å². The summed E-state index contributed by atoms with van der Waals surface area (Å²) in [6.45, 7) is 0. The van der Waals surface area contributed by atoms with Gasteiger partial charge in [-0.1, -0.05) is 24.3 Å². The molecular weight excluding hydrogens is 232 g/mol. The van der Waals surface area contributed by atoms with Crippen molar-refractivity contribution in [3.63, 3.8) is 0 Å². The molecule has 0 heterocycles. The van der Waals surface area contributed by atoms with Crippen LogP contribution in [-0.4, -0.2) is 22.0 Å². The average Bonchev–Trinajstić information content (AvgIpc) is 2.38. The van der Waals surface area contributed by atoms with Crippen LogP contribution in [0.5, 0.6) is 5.75 Å². The number of carboxylic acids is 1. The fourth-order valence-corrected chi connectivity index (χ4v) is 1.58. The first kappa shape index (κ1) is 11.9. The Hall–Kier alpha value is -2.62. The molecule has 4 nitrogen and oxygen atoms in total. The molecule has 0 saturated carbocycles. The van der Waals surface area contributed by atoms with Crippen molar-refractivity contribution in [2.45, 2.75) is 0 Å². The van der Waals surface area contributed by atoms with Gasteiger partial charge < -0.3 is 10.2 Å². The lowest BCUT2D eigenvalue weighted by molar-refractivity contribution is 0.0696. The maximum absolute atomic E-state index is 12.0. The van der Waals surface area contributed by atoms with Gasteiger partial charge in [-0.05, 0) is 24.3 Å². The molecule has 0 spiro atoms. The van der Waals surface area contributed by atoms with E-state index < -0.39 is 5.97 Å². The fourth-order valence-electron chi connectivity index (χ4n) is 1.58. The third kappa shape index (κ3) is 2.38. The molecule has 2 rings (SSSR count). The summed E-state index contributed by atoms with van der Waals surface area (Å²) in [5.74, 6) is -1.28. The molecule has 0 fully saturated rings. The van der Waals surface area contributed by atoms with Crippen molar-refractivity contribution in [3.8, 4) is 5.75 Å². The van der Waals surface area contributed by atoms with Gasteiger partial charge in [0.2, 0.25) is 0 Å². The Kier molecular flexibility index (Phi) is 3.10. The van der Waals surface area contributed by atoms with Gasteiger partial charge in [0.1, 0.15) is 5.75 Å². The zero-order valence-corrected chi connectivity index (χ0v) is 9.33. The van der Waals surface area contributed by atoms with Crippen molar-refractivity contribution in [1.82, 2.24) is 0 Å². The summed E-state index contributed by atoms with van der Waals surface area (Å²) >= 11 is 0. The van der Waals surface area contributed by atoms with Crippen LogP contribution in [-0.2, 0) is 0 Å². The Morgan fingerprint density at radius 1 is 0.833 bits per heavy atom. The van der Waals surface area contributed by atoms with E-state index in [1.807, 2.05) is 0 Å². The van der Waals surface area contributed by atoms with Gasteiger partial charge in [0.05, 0.1) is 5.56 Å². The summed E-state index contributed by atoms with van der Waals surface area (Å²) in [6, 6.07) is 11.7. The minimum Gasteiger partial charge on any atom is -0.508 e. The number of ketones is 1.